The number of benzene rings is 2. The number of fused-ring (bicyclic) bond motifs is 1. The van der Waals surface area contributed by atoms with E-state index in [2.05, 4.69) is 30.3 Å². The summed E-state index contributed by atoms with van der Waals surface area (Å²) in [7, 11) is 0. The average molecular weight is 572 g/mol. The summed E-state index contributed by atoms with van der Waals surface area (Å²) in [5, 5.41) is 21.0. The Morgan fingerprint density at radius 3 is 2.38 bits per heavy atom. The summed E-state index contributed by atoms with van der Waals surface area (Å²) in [6, 6.07) is 13.5. The molecule has 2 aromatic carbocycles. The number of aliphatic imine (C=N–C) groups is 1. The van der Waals surface area contributed by atoms with Crippen molar-refractivity contribution in [1.29, 1.82) is 0 Å². The van der Waals surface area contributed by atoms with E-state index < -0.39 is 17.5 Å². The lowest BCUT2D eigenvalue weighted by atomic mass is 9.88. The fourth-order valence-corrected chi connectivity index (χ4v) is 5.77. The molecule has 2 N–H and O–H groups in total. The number of carbonyl (C=O) groups is 2. The van der Waals surface area contributed by atoms with Gasteiger partial charge in [-0.15, -0.1) is 11.8 Å². The van der Waals surface area contributed by atoms with Gasteiger partial charge in [-0.25, -0.2) is 4.79 Å². The number of hydrogen-bond donors (Lipinski definition) is 2. The summed E-state index contributed by atoms with van der Waals surface area (Å²) in [5.41, 5.74) is 1.97. The third-order valence-corrected chi connectivity index (χ3v) is 7.99. The Bertz CT molecular complexity index is 1420. The average Bonchev–Trinajstić information content (AvgIpc) is 3.42. The van der Waals surface area contributed by atoms with Crippen molar-refractivity contribution in [3.8, 4) is 5.75 Å². The minimum absolute atomic E-state index is 0.0456. The van der Waals surface area contributed by atoms with Crippen LogP contribution in [0.25, 0.3) is 10.9 Å². The molecule has 3 aromatic rings. The molecule has 0 aliphatic carbocycles. The van der Waals surface area contributed by atoms with Crippen molar-refractivity contribution in [3.05, 3.63) is 58.7 Å². The van der Waals surface area contributed by atoms with Gasteiger partial charge < -0.3 is 19.5 Å². The molecule has 0 atom stereocenters. The van der Waals surface area contributed by atoms with E-state index >= 15 is 0 Å². The number of carboxylic acid groups (broad SMARTS) is 2. The van der Waals surface area contributed by atoms with Crippen LogP contribution in [0.15, 0.2) is 52.4 Å². The zero-order valence-corrected chi connectivity index (χ0v) is 24.4. The second-order valence-corrected chi connectivity index (χ2v) is 13.5. The number of amidine groups is 1. The summed E-state index contributed by atoms with van der Waals surface area (Å²) in [6.07, 6.45) is -0.706. The van der Waals surface area contributed by atoms with E-state index in [-0.39, 0.29) is 11.4 Å². The van der Waals surface area contributed by atoms with Gasteiger partial charge in [0.15, 0.2) is 0 Å². The van der Waals surface area contributed by atoms with Gasteiger partial charge in [0, 0.05) is 44.2 Å². The van der Waals surface area contributed by atoms with Crippen molar-refractivity contribution in [2.24, 2.45) is 10.4 Å². The van der Waals surface area contributed by atoms with Gasteiger partial charge in [0.1, 0.15) is 18.2 Å². The summed E-state index contributed by atoms with van der Waals surface area (Å²) in [6.45, 7) is 11.2. The van der Waals surface area contributed by atoms with Gasteiger partial charge >= 0.3 is 12.1 Å². The predicted octanol–water partition coefficient (Wildman–Crippen LogP) is 6.66. The minimum atomic E-state index is -1.04. The Kier molecular flexibility index (Phi) is 8.23. The highest BCUT2D eigenvalue weighted by Crippen LogP contribution is 2.44. The van der Waals surface area contributed by atoms with Gasteiger partial charge in [0.25, 0.3) is 0 Å². The molecule has 0 radical (unpaired) electrons. The van der Waals surface area contributed by atoms with Crippen LogP contribution in [0.2, 0.25) is 5.02 Å². The molecule has 2 heterocycles. The summed E-state index contributed by atoms with van der Waals surface area (Å²) in [4.78, 5) is 30.1. The van der Waals surface area contributed by atoms with Crippen molar-refractivity contribution in [1.82, 2.24) is 9.47 Å². The second kappa shape index (κ2) is 11.1. The second-order valence-electron chi connectivity index (χ2n) is 11.3. The zero-order valence-electron chi connectivity index (χ0n) is 22.8. The number of thioether (sulfide) groups is 1. The van der Waals surface area contributed by atoms with Crippen LogP contribution in [0.1, 0.15) is 45.9 Å². The summed E-state index contributed by atoms with van der Waals surface area (Å²) >= 11 is 7.83. The van der Waals surface area contributed by atoms with Gasteiger partial charge in [-0.05, 0) is 49.7 Å². The van der Waals surface area contributed by atoms with Crippen LogP contribution in [-0.4, -0.2) is 62.0 Å². The van der Waals surface area contributed by atoms with Crippen LogP contribution < -0.4 is 4.74 Å². The predicted molar refractivity (Wildman–Crippen MR) is 156 cm³/mol. The van der Waals surface area contributed by atoms with Gasteiger partial charge in [-0.3, -0.25) is 14.7 Å². The number of aliphatic carboxylic acids is 1. The molecule has 0 saturated carbocycles. The monoisotopic (exact) mass is 571 g/mol. The molecule has 8 nitrogen and oxygen atoms in total. The van der Waals surface area contributed by atoms with E-state index in [0.29, 0.717) is 42.7 Å². The zero-order chi connectivity index (χ0) is 28.5. The molecular weight excluding hydrogens is 538 g/mol. The van der Waals surface area contributed by atoms with Crippen LogP contribution >= 0.6 is 23.4 Å². The molecule has 0 fully saturated rings. The Morgan fingerprint density at radius 2 is 1.77 bits per heavy atom. The molecule has 0 unspecified atom stereocenters. The summed E-state index contributed by atoms with van der Waals surface area (Å²) < 4.78 is 8.07. The van der Waals surface area contributed by atoms with Gasteiger partial charge in [-0.1, -0.05) is 44.5 Å². The number of halogens is 1. The topological polar surface area (TPSA) is 104 Å². The Labute approximate surface area is 237 Å². The van der Waals surface area contributed by atoms with E-state index in [1.54, 1.807) is 25.6 Å². The molecule has 10 heteroatoms. The normalized spacial score (nSPS) is 14.1. The number of rotatable bonds is 9. The molecule has 1 aliphatic heterocycles. The van der Waals surface area contributed by atoms with E-state index in [4.69, 9.17) is 16.3 Å². The Hall–Kier alpha value is -3.17. The van der Waals surface area contributed by atoms with Gasteiger partial charge in [0.05, 0.1) is 18.5 Å². The largest absolute Gasteiger partial charge is 0.486 e. The van der Waals surface area contributed by atoms with E-state index in [0.717, 1.165) is 27.1 Å². The molecule has 1 aromatic heterocycles. The molecular formula is C29H34ClN3O5S. The first-order valence-electron chi connectivity index (χ1n) is 12.7. The first kappa shape index (κ1) is 28.8. The minimum Gasteiger partial charge on any atom is -0.486 e. The van der Waals surface area contributed by atoms with E-state index in [1.165, 1.54) is 4.90 Å². The maximum atomic E-state index is 12.2. The van der Waals surface area contributed by atoms with Crippen molar-refractivity contribution in [2.75, 3.05) is 19.7 Å². The fourth-order valence-electron chi connectivity index (χ4n) is 4.46. The van der Waals surface area contributed by atoms with Crippen molar-refractivity contribution in [3.63, 3.8) is 0 Å². The third kappa shape index (κ3) is 6.70. The lowest BCUT2D eigenvalue weighted by molar-refractivity contribution is -0.146. The quantitative estimate of drug-likeness (QED) is 0.278. The van der Waals surface area contributed by atoms with Crippen molar-refractivity contribution < 1.29 is 24.5 Å². The van der Waals surface area contributed by atoms with E-state index in [1.807, 2.05) is 42.5 Å². The highest BCUT2D eigenvalue weighted by atomic mass is 35.5. The molecule has 4 rings (SSSR count). The molecule has 0 bridgehead atoms. The van der Waals surface area contributed by atoms with Crippen LogP contribution in [0.4, 0.5) is 4.79 Å². The maximum Gasteiger partial charge on any atom is 0.412 e. The molecule has 1 aliphatic rings. The van der Waals surface area contributed by atoms with Crippen LogP contribution in [0.5, 0.6) is 5.75 Å². The molecule has 0 spiro atoms. The fraction of sp³-hybridized carbons (Fsp3) is 0.414. The number of nitrogens with zero attached hydrogens (tertiary/aromatic N) is 3. The van der Waals surface area contributed by atoms with Crippen LogP contribution in [0, 0.1) is 5.41 Å². The molecule has 0 saturated heterocycles. The third-order valence-electron chi connectivity index (χ3n) is 6.47. The van der Waals surface area contributed by atoms with Gasteiger partial charge in [-0.2, -0.15) is 0 Å². The molecule has 1 amide bonds. The number of amides is 1. The number of carboxylic acids is 1. The number of hydrogen-bond acceptors (Lipinski definition) is 5. The van der Waals surface area contributed by atoms with Crippen molar-refractivity contribution >= 4 is 52.2 Å². The number of aromatic nitrogens is 1. The number of ether oxygens (including phenoxy) is 1. The highest BCUT2D eigenvalue weighted by Gasteiger charge is 2.33. The highest BCUT2D eigenvalue weighted by molar-refractivity contribution is 8.00. The molecule has 39 heavy (non-hydrogen) atoms. The van der Waals surface area contributed by atoms with Crippen LogP contribution in [0.3, 0.4) is 0 Å². The summed E-state index contributed by atoms with van der Waals surface area (Å²) in [5.74, 6) is 0.115. The Morgan fingerprint density at radius 1 is 1.08 bits per heavy atom. The standard InChI is InChI=1S/C29H34ClN3O5S/c1-28(2,3)39-25-21-14-20(38-17-24-31-12-13-32(24)27(36)37)10-11-22(21)33(16-18-6-8-19(30)9-7-18)23(25)15-29(4,5)26(34)35/h6-11,14H,12-13,15-17H2,1-5H3,(H,34,35)(H,36,37). The lowest BCUT2D eigenvalue weighted by Gasteiger charge is -2.24. The Balaban J connectivity index is 1.82. The van der Waals surface area contributed by atoms with Crippen molar-refractivity contribution in [2.45, 2.75) is 57.2 Å². The first-order chi connectivity index (χ1) is 18.2. The van der Waals surface area contributed by atoms with Gasteiger partial charge in [0.2, 0.25) is 0 Å². The smallest absolute Gasteiger partial charge is 0.412 e. The SMILES string of the molecule is CC(C)(C)Sc1c(CC(C)(C)C(=O)O)n(Cc2ccc(Cl)cc2)c2ccc(OCC3=NCCN3C(=O)O)cc12. The maximum absolute atomic E-state index is 12.2. The first-order valence-corrected chi connectivity index (χ1v) is 13.9. The molecule has 208 valence electrons. The van der Waals surface area contributed by atoms with E-state index in [9.17, 15) is 19.8 Å². The lowest BCUT2D eigenvalue weighted by Crippen LogP contribution is -2.36. The van der Waals surface area contributed by atoms with Crippen LogP contribution in [-0.2, 0) is 17.8 Å².